The summed E-state index contributed by atoms with van der Waals surface area (Å²) in [5.41, 5.74) is 0.0954. The van der Waals surface area contributed by atoms with Crippen LogP contribution >= 0.6 is 0 Å². The molecule has 1 heterocycles. The zero-order valence-electron chi connectivity index (χ0n) is 15.1. The Labute approximate surface area is 158 Å². The monoisotopic (exact) mass is 370 g/mol. The first-order valence-corrected chi connectivity index (χ1v) is 9.14. The first-order chi connectivity index (χ1) is 13.1. The van der Waals surface area contributed by atoms with Gasteiger partial charge in [0.05, 0.1) is 18.6 Å². The van der Waals surface area contributed by atoms with Crippen LogP contribution in [0.2, 0.25) is 0 Å². The van der Waals surface area contributed by atoms with Gasteiger partial charge in [-0.2, -0.15) is 0 Å². The summed E-state index contributed by atoms with van der Waals surface area (Å²) < 4.78 is 19.3. The van der Waals surface area contributed by atoms with Crippen molar-refractivity contribution >= 4 is 11.8 Å². The van der Waals surface area contributed by atoms with Crippen LogP contribution in [-0.2, 0) is 4.79 Å². The van der Waals surface area contributed by atoms with Crippen molar-refractivity contribution in [2.24, 2.45) is 0 Å². The molecule has 2 aromatic carbocycles. The number of benzene rings is 2. The lowest BCUT2D eigenvalue weighted by Gasteiger charge is -2.32. The SMILES string of the molecule is O=C(CCOc1ccccc1)NC1CCN(C(=O)c2ccccc2F)CC1. The van der Waals surface area contributed by atoms with Crippen LogP contribution in [0.25, 0.3) is 0 Å². The Morgan fingerprint density at radius 1 is 1.04 bits per heavy atom. The Morgan fingerprint density at radius 2 is 1.70 bits per heavy atom. The lowest BCUT2D eigenvalue weighted by molar-refractivity contribution is -0.122. The van der Waals surface area contributed by atoms with Gasteiger partial charge in [0.25, 0.3) is 5.91 Å². The molecule has 1 aliphatic rings. The molecule has 6 heteroatoms. The van der Waals surface area contributed by atoms with Crippen molar-refractivity contribution in [3.05, 3.63) is 66.0 Å². The summed E-state index contributed by atoms with van der Waals surface area (Å²) in [6, 6.07) is 15.4. The van der Waals surface area contributed by atoms with Crippen molar-refractivity contribution < 1.29 is 18.7 Å². The second-order valence-corrected chi connectivity index (χ2v) is 6.53. The van der Waals surface area contributed by atoms with Crippen molar-refractivity contribution in [2.75, 3.05) is 19.7 Å². The van der Waals surface area contributed by atoms with E-state index < -0.39 is 5.82 Å². The van der Waals surface area contributed by atoms with E-state index in [1.807, 2.05) is 30.3 Å². The van der Waals surface area contributed by atoms with Crippen LogP contribution in [0.4, 0.5) is 4.39 Å². The third-order valence-electron chi connectivity index (χ3n) is 4.59. The van der Waals surface area contributed by atoms with Crippen LogP contribution in [0.5, 0.6) is 5.75 Å². The molecule has 0 spiro atoms. The van der Waals surface area contributed by atoms with E-state index in [0.717, 1.165) is 5.75 Å². The summed E-state index contributed by atoms with van der Waals surface area (Å²) in [6.45, 7) is 1.32. The second kappa shape index (κ2) is 9.16. The molecular formula is C21H23FN2O3. The van der Waals surface area contributed by atoms with E-state index in [4.69, 9.17) is 4.74 Å². The van der Waals surface area contributed by atoms with Gasteiger partial charge in [-0.15, -0.1) is 0 Å². The Morgan fingerprint density at radius 3 is 2.41 bits per heavy atom. The van der Waals surface area contributed by atoms with Crippen molar-refractivity contribution in [1.29, 1.82) is 0 Å². The number of piperidine rings is 1. The highest BCUT2D eigenvalue weighted by molar-refractivity contribution is 5.94. The Balaban J connectivity index is 1.39. The Bertz CT molecular complexity index is 774. The lowest BCUT2D eigenvalue weighted by atomic mass is 10.0. The van der Waals surface area contributed by atoms with Gasteiger partial charge in [0.15, 0.2) is 0 Å². The quantitative estimate of drug-likeness (QED) is 0.850. The number of rotatable bonds is 6. The Kier molecular flexibility index (Phi) is 6.41. The number of amides is 2. The second-order valence-electron chi connectivity index (χ2n) is 6.53. The summed E-state index contributed by atoms with van der Waals surface area (Å²) >= 11 is 0. The van der Waals surface area contributed by atoms with Gasteiger partial charge >= 0.3 is 0 Å². The smallest absolute Gasteiger partial charge is 0.256 e. The van der Waals surface area contributed by atoms with Gasteiger partial charge in [-0.05, 0) is 37.1 Å². The highest BCUT2D eigenvalue weighted by Crippen LogP contribution is 2.16. The van der Waals surface area contributed by atoms with Crippen molar-refractivity contribution in [2.45, 2.75) is 25.3 Å². The summed E-state index contributed by atoms with van der Waals surface area (Å²) in [6.07, 6.45) is 1.60. The third-order valence-corrected chi connectivity index (χ3v) is 4.59. The molecule has 0 aromatic heterocycles. The average Bonchev–Trinajstić information content (AvgIpc) is 2.69. The molecule has 1 saturated heterocycles. The summed E-state index contributed by atoms with van der Waals surface area (Å²) in [5, 5.41) is 2.98. The molecule has 142 valence electrons. The van der Waals surface area contributed by atoms with Gasteiger partial charge in [0.2, 0.25) is 5.91 Å². The third kappa shape index (κ3) is 5.29. The predicted octanol–water partition coefficient (Wildman–Crippen LogP) is 3.02. The number of likely N-dealkylation sites (tertiary alicyclic amines) is 1. The van der Waals surface area contributed by atoms with Crippen LogP contribution in [-0.4, -0.2) is 42.5 Å². The lowest BCUT2D eigenvalue weighted by Crippen LogP contribution is -2.46. The van der Waals surface area contributed by atoms with E-state index in [9.17, 15) is 14.0 Å². The molecule has 2 amide bonds. The fourth-order valence-corrected chi connectivity index (χ4v) is 3.11. The molecule has 0 saturated carbocycles. The van der Waals surface area contributed by atoms with Crippen LogP contribution in [0, 0.1) is 5.82 Å². The molecule has 1 N–H and O–H groups in total. The van der Waals surface area contributed by atoms with Crippen LogP contribution < -0.4 is 10.1 Å². The van der Waals surface area contributed by atoms with Gasteiger partial charge in [-0.3, -0.25) is 9.59 Å². The highest BCUT2D eigenvalue weighted by Gasteiger charge is 2.25. The van der Waals surface area contributed by atoms with Gasteiger partial charge in [0.1, 0.15) is 11.6 Å². The normalized spacial score (nSPS) is 14.6. The van der Waals surface area contributed by atoms with E-state index in [1.54, 1.807) is 17.0 Å². The van der Waals surface area contributed by atoms with E-state index >= 15 is 0 Å². The number of ether oxygens (including phenoxy) is 1. The number of hydrogen-bond donors (Lipinski definition) is 1. The number of hydrogen-bond acceptors (Lipinski definition) is 3. The molecule has 0 aliphatic carbocycles. The summed E-state index contributed by atoms with van der Waals surface area (Å²) in [4.78, 5) is 26.1. The summed E-state index contributed by atoms with van der Waals surface area (Å²) in [5.74, 6) is -0.124. The standard InChI is InChI=1S/C21H23FN2O3/c22-19-9-5-4-8-18(19)21(26)24-13-10-16(11-14-24)23-20(25)12-15-27-17-6-2-1-3-7-17/h1-9,16H,10-15H2,(H,23,25). The zero-order valence-corrected chi connectivity index (χ0v) is 15.1. The zero-order chi connectivity index (χ0) is 19.1. The summed E-state index contributed by atoms with van der Waals surface area (Å²) in [7, 11) is 0. The van der Waals surface area contributed by atoms with E-state index in [0.29, 0.717) is 32.5 Å². The number of halogens is 1. The van der Waals surface area contributed by atoms with Crippen LogP contribution in [0.15, 0.2) is 54.6 Å². The minimum atomic E-state index is -0.503. The van der Waals surface area contributed by atoms with Gasteiger partial charge in [0, 0.05) is 19.1 Å². The number of nitrogens with zero attached hydrogens (tertiary/aromatic N) is 1. The van der Waals surface area contributed by atoms with Crippen molar-refractivity contribution in [3.63, 3.8) is 0 Å². The molecule has 0 bridgehead atoms. The van der Waals surface area contributed by atoms with Crippen LogP contribution in [0.3, 0.4) is 0 Å². The fourth-order valence-electron chi connectivity index (χ4n) is 3.11. The molecule has 0 radical (unpaired) electrons. The molecule has 3 rings (SSSR count). The number of para-hydroxylation sites is 1. The molecule has 27 heavy (non-hydrogen) atoms. The van der Waals surface area contributed by atoms with Gasteiger partial charge in [-0.25, -0.2) is 4.39 Å². The average molecular weight is 370 g/mol. The largest absolute Gasteiger partial charge is 0.493 e. The minimum absolute atomic E-state index is 0.0268. The molecule has 0 atom stereocenters. The first-order valence-electron chi connectivity index (χ1n) is 9.14. The predicted molar refractivity (Wildman–Crippen MR) is 100 cm³/mol. The maximum atomic E-state index is 13.8. The van der Waals surface area contributed by atoms with Crippen molar-refractivity contribution in [1.82, 2.24) is 10.2 Å². The van der Waals surface area contributed by atoms with Crippen LogP contribution in [0.1, 0.15) is 29.6 Å². The van der Waals surface area contributed by atoms with E-state index in [1.165, 1.54) is 12.1 Å². The number of carbonyl (C=O) groups is 2. The molecule has 1 aliphatic heterocycles. The molecule has 1 fully saturated rings. The maximum absolute atomic E-state index is 13.8. The van der Waals surface area contributed by atoms with Gasteiger partial charge < -0.3 is 15.0 Å². The Hall–Kier alpha value is -2.89. The topological polar surface area (TPSA) is 58.6 Å². The minimum Gasteiger partial charge on any atom is -0.493 e. The maximum Gasteiger partial charge on any atom is 0.256 e. The van der Waals surface area contributed by atoms with E-state index in [2.05, 4.69) is 5.32 Å². The first kappa shape index (κ1) is 18.9. The molecular weight excluding hydrogens is 347 g/mol. The fraction of sp³-hybridized carbons (Fsp3) is 0.333. The van der Waals surface area contributed by atoms with E-state index in [-0.39, 0.29) is 29.8 Å². The van der Waals surface area contributed by atoms with Crippen molar-refractivity contribution in [3.8, 4) is 5.75 Å². The number of carbonyl (C=O) groups excluding carboxylic acids is 2. The van der Waals surface area contributed by atoms with Gasteiger partial charge in [-0.1, -0.05) is 30.3 Å². The molecule has 2 aromatic rings. The highest BCUT2D eigenvalue weighted by atomic mass is 19.1. The molecule has 5 nitrogen and oxygen atoms in total. The molecule has 0 unspecified atom stereocenters. The number of nitrogens with one attached hydrogen (secondary N) is 1.